The van der Waals surface area contributed by atoms with Crippen molar-refractivity contribution in [3.8, 4) is 0 Å². The van der Waals surface area contributed by atoms with Crippen molar-refractivity contribution in [1.29, 1.82) is 0 Å². The fourth-order valence-corrected chi connectivity index (χ4v) is 3.27. The molecule has 28 heavy (non-hydrogen) atoms. The highest BCUT2D eigenvalue weighted by Crippen LogP contribution is 2.21. The third-order valence-electron chi connectivity index (χ3n) is 3.87. The van der Waals surface area contributed by atoms with Gasteiger partial charge in [-0.05, 0) is 29.7 Å². The minimum atomic E-state index is -0.593. The molecule has 1 atom stereocenters. The van der Waals surface area contributed by atoms with Gasteiger partial charge in [-0.3, -0.25) is 4.79 Å². The molecule has 3 rings (SSSR count). The number of pyridine rings is 1. The molecule has 1 heterocycles. The van der Waals surface area contributed by atoms with Crippen LogP contribution >= 0.6 is 11.8 Å². The summed E-state index contributed by atoms with van der Waals surface area (Å²) in [6.45, 7) is 4.00. The minimum absolute atomic E-state index is 0.208. The van der Waals surface area contributed by atoms with E-state index in [4.69, 9.17) is 5.73 Å². The lowest BCUT2D eigenvalue weighted by Crippen LogP contribution is -2.37. The van der Waals surface area contributed by atoms with Crippen LogP contribution in [-0.4, -0.2) is 16.9 Å². The number of anilines is 1. The Morgan fingerprint density at radius 2 is 1.57 bits per heavy atom. The number of carbonyl (C=O) groups is 1. The van der Waals surface area contributed by atoms with Gasteiger partial charge in [-0.2, -0.15) is 0 Å². The van der Waals surface area contributed by atoms with E-state index in [1.807, 2.05) is 74.5 Å². The normalized spacial score (nSPS) is 11.1. The summed E-state index contributed by atoms with van der Waals surface area (Å²) in [5, 5.41) is 3.74. The molecular weight excluding hydrogens is 366 g/mol. The number of hydrogen-bond donors (Lipinski definition) is 2. The van der Waals surface area contributed by atoms with Gasteiger partial charge in [-0.1, -0.05) is 74.5 Å². The fourth-order valence-electron chi connectivity index (χ4n) is 2.47. The highest BCUT2D eigenvalue weighted by atomic mass is 32.2. The molecule has 1 unspecified atom stereocenters. The Balaban J connectivity index is 0.00000136. The van der Waals surface area contributed by atoms with Crippen LogP contribution in [0.2, 0.25) is 0 Å². The summed E-state index contributed by atoms with van der Waals surface area (Å²) >= 11 is 1.66. The van der Waals surface area contributed by atoms with Gasteiger partial charge in [0.2, 0.25) is 5.91 Å². The van der Waals surface area contributed by atoms with E-state index in [9.17, 15) is 4.79 Å². The number of thioether (sulfide) groups is 1. The van der Waals surface area contributed by atoms with E-state index in [1.54, 1.807) is 18.0 Å². The van der Waals surface area contributed by atoms with Gasteiger partial charge in [0, 0.05) is 5.75 Å². The third kappa shape index (κ3) is 7.18. The highest BCUT2D eigenvalue weighted by molar-refractivity contribution is 7.98. The van der Waals surface area contributed by atoms with Crippen LogP contribution < -0.4 is 11.1 Å². The molecule has 1 aromatic heterocycles. The quantitative estimate of drug-likeness (QED) is 0.560. The molecule has 4 nitrogen and oxygen atoms in total. The molecule has 0 aliphatic rings. The number of nitrogens with one attached hydrogen (secondary N) is 1. The highest BCUT2D eigenvalue weighted by Gasteiger charge is 2.14. The summed E-state index contributed by atoms with van der Waals surface area (Å²) in [5.74, 6) is 0.655. The Bertz CT molecular complexity index is 823. The van der Waals surface area contributed by atoms with E-state index >= 15 is 0 Å². The SMILES string of the molecule is CC.NC(Cc1ccccc1)C(=O)Nc1ccc(SCc2ccccc2)nc1. The second-order valence-corrected chi connectivity index (χ2v) is 6.94. The Morgan fingerprint density at radius 3 is 2.14 bits per heavy atom. The van der Waals surface area contributed by atoms with Crippen LogP contribution in [0.3, 0.4) is 0 Å². The number of hydrogen-bond acceptors (Lipinski definition) is 4. The molecule has 0 saturated heterocycles. The largest absolute Gasteiger partial charge is 0.323 e. The summed E-state index contributed by atoms with van der Waals surface area (Å²) in [7, 11) is 0. The molecule has 0 bridgehead atoms. The Labute approximate surface area is 171 Å². The molecule has 0 aliphatic heterocycles. The number of benzene rings is 2. The molecule has 1 amide bonds. The first-order valence-corrected chi connectivity index (χ1v) is 10.4. The predicted molar refractivity (Wildman–Crippen MR) is 118 cm³/mol. The lowest BCUT2D eigenvalue weighted by atomic mass is 10.1. The minimum Gasteiger partial charge on any atom is -0.323 e. The van der Waals surface area contributed by atoms with Gasteiger partial charge in [-0.15, -0.1) is 11.8 Å². The number of carbonyl (C=O) groups excluding carboxylic acids is 1. The molecule has 3 N–H and O–H groups in total. The zero-order valence-electron chi connectivity index (χ0n) is 16.3. The Hall–Kier alpha value is -2.63. The zero-order chi connectivity index (χ0) is 20.2. The van der Waals surface area contributed by atoms with Gasteiger partial charge < -0.3 is 11.1 Å². The number of rotatable bonds is 7. The molecule has 3 aromatic rings. The first-order chi connectivity index (χ1) is 13.7. The van der Waals surface area contributed by atoms with Crippen molar-refractivity contribution in [3.63, 3.8) is 0 Å². The van der Waals surface area contributed by atoms with Gasteiger partial charge >= 0.3 is 0 Å². The summed E-state index contributed by atoms with van der Waals surface area (Å²) in [6, 6.07) is 23.2. The number of nitrogens with zero attached hydrogens (tertiary/aromatic N) is 1. The van der Waals surface area contributed by atoms with Crippen LogP contribution in [0, 0.1) is 0 Å². The number of nitrogens with two attached hydrogens (primary N) is 1. The summed E-state index contributed by atoms with van der Waals surface area (Å²) < 4.78 is 0. The van der Waals surface area contributed by atoms with Crippen molar-refractivity contribution in [1.82, 2.24) is 4.98 Å². The van der Waals surface area contributed by atoms with Gasteiger partial charge in [0.15, 0.2) is 0 Å². The standard InChI is InChI=1S/C21H21N3OS.C2H6/c22-19(13-16-7-3-1-4-8-16)21(25)24-18-11-12-20(23-14-18)26-15-17-9-5-2-6-10-17;1-2/h1-12,14,19H,13,15,22H2,(H,24,25);1-2H3. The fraction of sp³-hybridized carbons (Fsp3) is 0.217. The smallest absolute Gasteiger partial charge is 0.241 e. The van der Waals surface area contributed by atoms with Crippen LogP contribution in [0.1, 0.15) is 25.0 Å². The van der Waals surface area contributed by atoms with Crippen molar-refractivity contribution in [2.45, 2.75) is 37.1 Å². The molecule has 0 aliphatic carbocycles. The molecule has 0 spiro atoms. The molecule has 0 radical (unpaired) electrons. The van der Waals surface area contributed by atoms with Crippen molar-refractivity contribution < 1.29 is 4.79 Å². The predicted octanol–water partition coefficient (Wildman–Crippen LogP) is 4.91. The Kier molecular flexibility index (Phi) is 9.25. The molecule has 146 valence electrons. The molecular formula is C23H27N3OS. The first-order valence-electron chi connectivity index (χ1n) is 9.44. The molecule has 5 heteroatoms. The van der Waals surface area contributed by atoms with Crippen molar-refractivity contribution in [2.24, 2.45) is 5.73 Å². The van der Waals surface area contributed by atoms with E-state index in [-0.39, 0.29) is 5.91 Å². The number of aromatic nitrogens is 1. The first kappa shape index (κ1) is 21.7. The zero-order valence-corrected chi connectivity index (χ0v) is 17.2. The van der Waals surface area contributed by atoms with Crippen LogP contribution in [0.4, 0.5) is 5.69 Å². The number of amides is 1. The van der Waals surface area contributed by atoms with E-state index in [0.29, 0.717) is 12.1 Å². The monoisotopic (exact) mass is 393 g/mol. The second-order valence-electron chi connectivity index (χ2n) is 5.94. The maximum atomic E-state index is 12.2. The van der Waals surface area contributed by atoms with Crippen LogP contribution in [0.25, 0.3) is 0 Å². The Morgan fingerprint density at radius 1 is 0.964 bits per heavy atom. The average molecular weight is 394 g/mol. The summed E-state index contributed by atoms with van der Waals surface area (Å²) in [6.07, 6.45) is 2.17. The van der Waals surface area contributed by atoms with Gasteiger partial charge in [0.25, 0.3) is 0 Å². The van der Waals surface area contributed by atoms with E-state index in [0.717, 1.165) is 16.3 Å². The lowest BCUT2D eigenvalue weighted by Gasteiger charge is -2.12. The van der Waals surface area contributed by atoms with Crippen LogP contribution in [-0.2, 0) is 17.0 Å². The van der Waals surface area contributed by atoms with E-state index in [2.05, 4.69) is 22.4 Å². The van der Waals surface area contributed by atoms with Gasteiger partial charge in [0.05, 0.1) is 23.0 Å². The van der Waals surface area contributed by atoms with E-state index < -0.39 is 6.04 Å². The molecule has 0 fully saturated rings. The van der Waals surface area contributed by atoms with Crippen molar-refractivity contribution in [3.05, 3.63) is 90.1 Å². The maximum absolute atomic E-state index is 12.2. The van der Waals surface area contributed by atoms with Crippen molar-refractivity contribution in [2.75, 3.05) is 5.32 Å². The van der Waals surface area contributed by atoms with Gasteiger partial charge in [-0.25, -0.2) is 4.98 Å². The summed E-state index contributed by atoms with van der Waals surface area (Å²) in [4.78, 5) is 16.6. The average Bonchev–Trinajstić information content (AvgIpc) is 2.76. The maximum Gasteiger partial charge on any atom is 0.241 e. The third-order valence-corrected chi connectivity index (χ3v) is 4.88. The summed E-state index contributed by atoms with van der Waals surface area (Å²) in [5.41, 5.74) is 8.95. The lowest BCUT2D eigenvalue weighted by molar-refractivity contribution is -0.117. The second kappa shape index (κ2) is 12.0. The topological polar surface area (TPSA) is 68.0 Å². The van der Waals surface area contributed by atoms with Gasteiger partial charge in [0.1, 0.15) is 0 Å². The van der Waals surface area contributed by atoms with E-state index in [1.165, 1.54) is 5.56 Å². The van der Waals surface area contributed by atoms with Crippen LogP contribution in [0.5, 0.6) is 0 Å². The van der Waals surface area contributed by atoms with Crippen molar-refractivity contribution >= 4 is 23.4 Å². The molecule has 0 saturated carbocycles. The van der Waals surface area contributed by atoms with Crippen LogP contribution in [0.15, 0.2) is 84.0 Å². The molecule has 2 aromatic carbocycles.